The monoisotopic (exact) mass is 419 g/mol. The zero-order valence-corrected chi connectivity index (χ0v) is 18.0. The fourth-order valence-corrected chi connectivity index (χ4v) is 3.65. The lowest BCUT2D eigenvalue weighted by Gasteiger charge is -2.13. The highest BCUT2D eigenvalue weighted by molar-refractivity contribution is 6.33. The molecule has 0 radical (unpaired) electrons. The minimum absolute atomic E-state index is 0.167. The lowest BCUT2D eigenvalue weighted by Crippen LogP contribution is -2.21. The molecule has 3 aromatic heterocycles. The number of halogens is 1. The number of pyridine rings is 2. The van der Waals surface area contributed by atoms with Crippen LogP contribution in [-0.4, -0.2) is 25.6 Å². The van der Waals surface area contributed by atoms with Crippen molar-refractivity contribution in [2.45, 2.75) is 26.8 Å². The standard InChI is InChI=1S/C23H22ClN5O/c1-13(2)26-23-25-12-16-10-18(22(30)29(4)21(16)28-23)17-9-8-15(11-19(17)24)20-7-5-6-14(3)27-20/h5-13H,1-4H3,(H,25,26,28). The molecule has 0 atom stereocenters. The molecule has 4 rings (SSSR count). The van der Waals surface area contributed by atoms with E-state index in [1.165, 1.54) is 4.57 Å². The van der Waals surface area contributed by atoms with E-state index in [1.807, 2.05) is 57.2 Å². The Morgan fingerprint density at radius 1 is 1.07 bits per heavy atom. The second kappa shape index (κ2) is 7.88. The number of rotatable bonds is 4. The van der Waals surface area contributed by atoms with Crippen LogP contribution in [0.15, 0.2) is 53.5 Å². The number of aryl methyl sites for hydroxylation is 2. The summed E-state index contributed by atoms with van der Waals surface area (Å²) in [6.07, 6.45) is 1.72. The molecule has 0 bridgehead atoms. The van der Waals surface area contributed by atoms with Crippen LogP contribution in [0.4, 0.5) is 5.95 Å². The van der Waals surface area contributed by atoms with Crippen molar-refractivity contribution in [2.24, 2.45) is 7.05 Å². The normalized spacial score (nSPS) is 11.3. The minimum atomic E-state index is -0.167. The number of nitrogens with one attached hydrogen (secondary N) is 1. The van der Waals surface area contributed by atoms with E-state index in [0.717, 1.165) is 22.3 Å². The Hall–Kier alpha value is -3.25. The van der Waals surface area contributed by atoms with Crippen molar-refractivity contribution in [3.8, 4) is 22.4 Å². The number of fused-ring (bicyclic) bond motifs is 1. The molecule has 0 unspecified atom stereocenters. The molecule has 0 aliphatic rings. The molecule has 0 saturated heterocycles. The largest absolute Gasteiger partial charge is 0.352 e. The number of nitrogens with zero attached hydrogens (tertiary/aromatic N) is 4. The van der Waals surface area contributed by atoms with Gasteiger partial charge >= 0.3 is 0 Å². The molecular formula is C23H22ClN5O. The van der Waals surface area contributed by atoms with E-state index >= 15 is 0 Å². The third kappa shape index (κ3) is 3.78. The molecule has 7 heteroatoms. The van der Waals surface area contributed by atoms with Gasteiger partial charge in [-0.3, -0.25) is 14.3 Å². The number of hydrogen-bond acceptors (Lipinski definition) is 5. The van der Waals surface area contributed by atoms with Crippen molar-refractivity contribution in [1.82, 2.24) is 19.5 Å². The second-order valence-electron chi connectivity index (χ2n) is 7.55. The predicted molar refractivity (Wildman–Crippen MR) is 122 cm³/mol. The first-order chi connectivity index (χ1) is 14.3. The molecule has 0 amide bonds. The van der Waals surface area contributed by atoms with Crippen molar-refractivity contribution in [2.75, 3.05) is 5.32 Å². The molecule has 6 nitrogen and oxygen atoms in total. The van der Waals surface area contributed by atoms with Gasteiger partial charge in [0.2, 0.25) is 5.95 Å². The highest BCUT2D eigenvalue weighted by atomic mass is 35.5. The molecule has 30 heavy (non-hydrogen) atoms. The lowest BCUT2D eigenvalue weighted by molar-refractivity contribution is 0.858. The quantitative estimate of drug-likeness (QED) is 0.512. The molecule has 1 aromatic carbocycles. The Bertz CT molecular complexity index is 1310. The van der Waals surface area contributed by atoms with Crippen molar-refractivity contribution in [3.63, 3.8) is 0 Å². The highest BCUT2D eigenvalue weighted by Gasteiger charge is 2.15. The van der Waals surface area contributed by atoms with Gasteiger partial charge in [0.05, 0.1) is 5.69 Å². The van der Waals surface area contributed by atoms with Crippen molar-refractivity contribution in [1.29, 1.82) is 0 Å². The second-order valence-corrected chi connectivity index (χ2v) is 7.96. The van der Waals surface area contributed by atoms with Gasteiger partial charge in [0, 0.05) is 52.1 Å². The molecule has 152 valence electrons. The van der Waals surface area contributed by atoms with E-state index in [2.05, 4.69) is 20.3 Å². The summed E-state index contributed by atoms with van der Waals surface area (Å²) in [6.45, 7) is 5.96. The molecule has 0 saturated carbocycles. The van der Waals surface area contributed by atoms with Gasteiger partial charge in [-0.15, -0.1) is 0 Å². The van der Waals surface area contributed by atoms with Gasteiger partial charge in [-0.25, -0.2) is 4.98 Å². The maximum Gasteiger partial charge on any atom is 0.259 e. The number of hydrogen-bond donors (Lipinski definition) is 1. The van der Waals surface area contributed by atoms with Gasteiger partial charge in [0.25, 0.3) is 5.56 Å². The van der Waals surface area contributed by atoms with E-state index in [0.29, 0.717) is 27.7 Å². The molecule has 0 aliphatic heterocycles. The summed E-state index contributed by atoms with van der Waals surface area (Å²) >= 11 is 6.59. The summed E-state index contributed by atoms with van der Waals surface area (Å²) in [6, 6.07) is 13.5. The summed E-state index contributed by atoms with van der Waals surface area (Å²) in [4.78, 5) is 26.5. The molecular weight excluding hydrogens is 398 g/mol. The fourth-order valence-electron chi connectivity index (χ4n) is 3.36. The molecule has 3 heterocycles. The minimum Gasteiger partial charge on any atom is -0.352 e. The molecule has 1 N–H and O–H groups in total. The average Bonchev–Trinajstić information content (AvgIpc) is 2.71. The first kappa shape index (κ1) is 20.0. The van der Waals surface area contributed by atoms with E-state index < -0.39 is 0 Å². The van der Waals surface area contributed by atoms with E-state index in [1.54, 1.807) is 19.3 Å². The van der Waals surface area contributed by atoms with Gasteiger partial charge in [-0.05, 0) is 45.0 Å². The van der Waals surface area contributed by atoms with Crippen LogP contribution in [-0.2, 0) is 7.05 Å². The van der Waals surface area contributed by atoms with E-state index in [9.17, 15) is 4.79 Å². The van der Waals surface area contributed by atoms with Crippen LogP contribution in [0.5, 0.6) is 0 Å². The average molecular weight is 420 g/mol. The zero-order chi connectivity index (χ0) is 21.4. The van der Waals surface area contributed by atoms with Crippen molar-refractivity contribution in [3.05, 3.63) is 69.7 Å². The Morgan fingerprint density at radius 3 is 2.57 bits per heavy atom. The topological polar surface area (TPSA) is 72.7 Å². The summed E-state index contributed by atoms with van der Waals surface area (Å²) in [5, 5.41) is 4.42. The maximum atomic E-state index is 13.1. The van der Waals surface area contributed by atoms with Gasteiger partial charge < -0.3 is 5.32 Å². The number of aromatic nitrogens is 4. The fraction of sp³-hybridized carbons (Fsp3) is 0.217. The maximum absolute atomic E-state index is 13.1. The third-order valence-electron chi connectivity index (χ3n) is 4.81. The van der Waals surface area contributed by atoms with Crippen molar-refractivity contribution >= 4 is 28.6 Å². The Labute approximate surface area is 179 Å². The first-order valence-electron chi connectivity index (χ1n) is 9.71. The summed E-state index contributed by atoms with van der Waals surface area (Å²) in [5.41, 5.74) is 4.25. The molecule has 4 aromatic rings. The predicted octanol–water partition coefficient (Wildman–Crippen LogP) is 4.84. The van der Waals surface area contributed by atoms with Crippen LogP contribution in [0.3, 0.4) is 0 Å². The van der Waals surface area contributed by atoms with Crippen LogP contribution in [0, 0.1) is 6.92 Å². The molecule has 0 aliphatic carbocycles. The first-order valence-corrected chi connectivity index (χ1v) is 10.1. The smallest absolute Gasteiger partial charge is 0.259 e. The van der Waals surface area contributed by atoms with Crippen molar-refractivity contribution < 1.29 is 0 Å². The van der Waals surface area contributed by atoms with Gasteiger partial charge in [0.15, 0.2) is 0 Å². The van der Waals surface area contributed by atoms with Gasteiger partial charge in [-0.1, -0.05) is 29.8 Å². The van der Waals surface area contributed by atoms with Crippen LogP contribution in [0.2, 0.25) is 5.02 Å². The lowest BCUT2D eigenvalue weighted by atomic mass is 10.0. The molecule has 0 spiro atoms. The van der Waals surface area contributed by atoms with Gasteiger partial charge in [-0.2, -0.15) is 4.98 Å². The third-order valence-corrected chi connectivity index (χ3v) is 5.12. The number of anilines is 1. The van der Waals surface area contributed by atoms with Crippen LogP contribution < -0.4 is 10.9 Å². The highest BCUT2D eigenvalue weighted by Crippen LogP contribution is 2.31. The SMILES string of the molecule is Cc1cccc(-c2ccc(-c3cc4cnc(NC(C)C)nc4n(C)c3=O)c(Cl)c2)n1. The Morgan fingerprint density at radius 2 is 1.87 bits per heavy atom. The Balaban J connectivity index is 1.81. The summed E-state index contributed by atoms with van der Waals surface area (Å²) in [5.74, 6) is 0.494. The number of benzene rings is 1. The van der Waals surface area contributed by atoms with E-state index in [-0.39, 0.29) is 11.6 Å². The van der Waals surface area contributed by atoms with Gasteiger partial charge in [0.1, 0.15) is 5.65 Å². The van der Waals surface area contributed by atoms with E-state index in [4.69, 9.17) is 11.6 Å². The Kier molecular flexibility index (Phi) is 5.26. The summed E-state index contributed by atoms with van der Waals surface area (Å²) in [7, 11) is 1.71. The molecule has 0 fully saturated rings. The van der Waals surface area contributed by atoms with Crippen LogP contribution in [0.25, 0.3) is 33.4 Å². The van der Waals surface area contributed by atoms with Crippen LogP contribution in [0.1, 0.15) is 19.5 Å². The van der Waals surface area contributed by atoms with Crippen LogP contribution >= 0.6 is 11.6 Å². The zero-order valence-electron chi connectivity index (χ0n) is 17.3. The summed E-state index contributed by atoms with van der Waals surface area (Å²) < 4.78 is 1.53.